The molecule has 0 radical (unpaired) electrons. The van der Waals surface area contributed by atoms with Crippen LogP contribution in [-0.2, 0) is 10.0 Å². The molecule has 0 unspecified atom stereocenters. The van der Waals surface area contributed by atoms with Crippen molar-refractivity contribution in [2.24, 2.45) is 0 Å². The number of aromatic nitrogens is 1. The second-order valence-corrected chi connectivity index (χ2v) is 6.01. The number of hydrogen-bond acceptors (Lipinski definition) is 5. The van der Waals surface area contributed by atoms with Crippen molar-refractivity contribution < 1.29 is 17.7 Å². The summed E-state index contributed by atoms with van der Waals surface area (Å²) in [6, 6.07) is 6.19. The third-order valence-corrected chi connectivity index (χ3v) is 4.40. The van der Waals surface area contributed by atoms with Crippen molar-refractivity contribution in [1.29, 1.82) is 0 Å². The molecular weight excluding hydrogens is 280 g/mol. The van der Waals surface area contributed by atoms with E-state index in [-0.39, 0.29) is 16.4 Å². The van der Waals surface area contributed by atoms with Gasteiger partial charge in [-0.1, -0.05) is 5.16 Å². The number of hydrogen-bond donors (Lipinski definition) is 1. The molecule has 0 saturated heterocycles. The monoisotopic (exact) mass is 294 g/mol. The van der Waals surface area contributed by atoms with E-state index >= 15 is 0 Å². The zero-order chi connectivity index (χ0) is 14.9. The minimum absolute atomic E-state index is 0.0353. The number of aryl methyl sites for hydroxylation is 2. The lowest BCUT2D eigenvalue weighted by Gasteiger charge is -2.07. The van der Waals surface area contributed by atoms with E-state index in [9.17, 15) is 13.2 Å². The minimum Gasteiger partial charge on any atom is -0.360 e. The van der Waals surface area contributed by atoms with E-state index in [1.807, 2.05) is 0 Å². The average Bonchev–Trinajstić information content (AvgIpc) is 2.69. The third-order valence-electron chi connectivity index (χ3n) is 2.78. The standard InChI is InChI=1S/C13H14N2O4S/c1-8-13(10(3)19-14-8)20(17,18)15-12-6-4-11(5-7-12)9(2)16/h4-7,15H,1-3H3. The Bertz CT molecular complexity index is 726. The van der Waals surface area contributed by atoms with Gasteiger partial charge in [-0.25, -0.2) is 8.42 Å². The predicted octanol–water partition coefficient (Wildman–Crippen LogP) is 2.29. The molecule has 0 aliphatic carbocycles. The maximum atomic E-state index is 12.2. The number of carbonyl (C=O) groups excluding carboxylic acids is 1. The van der Waals surface area contributed by atoms with Crippen LogP contribution in [0.3, 0.4) is 0 Å². The number of rotatable bonds is 4. The lowest BCUT2D eigenvalue weighted by molar-refractivity contribution is 0.101. The van der Waals surface area contributed by atoms with E-state index < -0.39 is 10.0 Å². The maximum Gasteiger partial charge on any atom is 0.267 e. The number of nitrogens with one attached hydrogen (secondary N) is 1. The molecule has 0 aliphatic rings. The predicted molar refractivity (Wildman–Crippen MR) is 73.2 cm³/mol. The molecule has 0 amide bonds. The van der Waals surface area contributed by atoms with Gasteiger partial charge in [-0.15, -0.1) is 0 Å². The highest BCUT2D eigenvalue weighted by Gasteiger charge is 2.24. The second kappa shape index (κ2) is 5.09. The van der Waals surface area contributed by atoms with Crippen LogP contribution in [0, 0.1) is 13.8 Å². The van der Waals surface area contributed by atoms with Crippen molar-refractivity contribution >= 4 is 21.5 Å². The molecule has 0 saturated carbocycles. The molecule has 0 atom stereocenters. The highest BCUT2D eigenvalue weighted by Crippen LogP contribution is 2.22. The quantitative estimate of drug-likeness (QED) is 0.874. The number of sulfonamides is 1. The zero-order valence-electron chi connectivity index (χ0n) is 11.3. The maximum absolute atomic E-state index is 12.2. The molecule has 6 nitrogen and oxygen atoms in total. The molecule has 2 rings (SSSR count). The van der Waals surface area contributed by atoms with Crippen LogP contribution in [0.25, 0.3) is 0 Å². The molecule has 1 aromatic heterocycles. The van der Waals surface area contributed by atoms with Crippen molar-refractivity contribution in [3.8, 4) is 0 Å². The van der Waals surface area contributed by atoms with Crippen LogP contribution in [-0.4, -0.2) is 19.4 Å². The van der Waals surface area contributed by atoms with Gasteiger partial charge in [-0.3, -0.25) is 9.52 Å². The van der Waals surface area contributed by atoms with Crippen molar-refractivity contribution in [2.75, 3.05) is 4.72 Å². The van der Waals surface area contributed by atoms with Gasteiger partial charge in [0.1, 0.15) is 5.69 Å². The topological polar surface area (TPSA) is 89.3 Å². The summed E-state index contributed by atoms with van der Waals surface area (Å²) in [5.41, 5.74) is 1.19. The first-order valence-electron chi connectivity index (χ1n) is 5.88. The largest absolute Gasteiger partial charge is 0.360 e. The van der Waals surface area contributed by atoms with Gasteiger partial charge < -0.3 is 4.52 Å². The number of nitrogens with zero attached hydrogens (tertiary/aromatic N) is 1. The molecule has 0 aliphatic heterocycles. The summed E-state index contributed by atoms with van der Waals surface area (Å²) in [7, 11) is -3.76. The summed E-state index contributed by atoms with van der Waals surface area (Å²) in [4.78, 5) is 11.2. The summed E-state index contributed by atoms with van der Waals surface area (Å²) >= 11 is 0. The van der Waals surface area contributed by atoms with E-state index in [0.717, 1.165) is 0 Å². The van der Waals surface area contributed by atoms with Crippen molar-refractivity contribution in [3.05, 3.63) is 41.3 Å². The van der Waals surface area contributed by atoms with Crippen LogP contribution in [0.2, 0.25) is 0 Å². The van der Waals surface area contributed by atoms with E-state index in [2.05, 4.69) is 9.88 Å². The number of anilines is 1. The van der Waals surface area contributed by atoms with E-state index in [1.54, 1.807) is 19.1 Å². The Hall–Kier alpha value is -2.15. The SMILES string of the molecule is CC(=O)c1ccc(NS(=O)(=O)c2c(C)noc2C)cc1. The van der Waals surface area contributed by atoms with Crippen LogP contribution in [0.15, 0.2) is 33.7 Å². The van der Waals surface area contributed by atoms with Gasteiger partial charge in [0.15, 0.2) is 16.4 Å². The molecule has 0 bridgehead atoms. The number of carbonyl (C=O) groups is 1. The molecule has 0 fully saturated rings. The van der Waals surface area contributed by atoms with Crippen LogP contribution in [0.4, 0.5) is 5.69 Å². The highest BCUT2D eigenvalue weighted by atomic mass is 32.2. The fourth-order valence-corrected chi connectivity index (χ4v) is 3.23. The molecule has 0 spiro atoms. The zero-order valence-corrected chi connectivity index (χ0v) is 12.1. The normalized spacial score (nSPS) is 11.3. The first-order valence-corrected chi connectivity index (χ1v) is 7.36. The van der Waals surface area contributed by atoms with Crippen LogP contribution in [0.1, 0.15) is 28.7 Å². The lowest BCUT2D eigenvalue weighted by Crippen LogP contribution is -2.14. The summed E-state index contributed by atoms with van der Waals surface area (Å²) < 4.78 is 31.8. The molecule has 7 heteroatoms. The minimum atomic E-state index is -3.76. The fourth-order valence-electron chi connectivity index (χ4n) is 1.84. The summed E-state index contributed by atoms with van der Waals surface area (Å²) in [5, 5.41) is 3.62. The van der Waals surface area contributed by atoms with Gasteiger partial charge in [0, 0.05) is 11.3 Å². The van der Waals surface area contributed by atoms with Crippen molar-refractivity contribution in [1.82, 2.24) is 5.16 Å². The Morgan fingerprint density at radius 2 is 1.80 bits per heavy atom. The Kier molecular flexibility index (Phi) is 3.63. The average molecular weight is 294 g/mol. The molecule has 1 N–H and O–H groups in total. The second-order valence-electron chi connectivity index (χ2n) is 4.39. The Morgan fingerprint density at radius 1 is 1.20 bits per heavy atom. The molecule has 1 aromatic carbocycles. The highest BCUT2D eigenvalue weighted by molar-refractivity contribution is 7.92. The van der Waals surface area contributed by atoms with E-state index in [4.69, 9.17) is 4.52 Å². The van der Waals surface area contributed by atoms with Gasteiger partial charge in [0.05, 0.1) is 0 Å². The molecule has 2 aromatic rings. The van der Waals surface area contributed by atoms with Gasteiger partial charge in [0.2, 0.25) is 0 Å². The number of Topliss-reactive ketones (excluding diaryl/α,β-unsaturated/α-hetero) is 1. The lowest BCUT2D eigenvalue weighted by atomic mass is 10.1. The van der Waals surface area contributed by atoms with E-state index in [1.165, 1.54) is 26.0 Å². The van der Waals surface area contributed by atoms with E-state index in [0.29, 0.717) is 16.9 Å². The molecule has 1 heterocycles. The smallest absolute Gasteiger partial charge is 0.267 e. The van der Waals surface area contributed by atoms with Crippen molar-refractivity contribution in [2.45, 2.75) is 25.7 Å². The Balaban J connectivity index is 2.31. The van der Waals surface area contributed by atoms with Gasteiger partial charge in [0.25, 0.3) is 10.0 Å². The summed E-state index contributed by atoms with van der Waals surface area (Å²) in [6.07, 6.45) is 0. The van der Waals surface area contributed by atoms with Crippen LogP contribution in [0.5, 0.6) is 0 Å². The Labute approximate surface area is 116 Å². The van der Waals surface area contributed by atoms with Crippen LogP contribution < -0.4 is 4.72 Å². The first kappa shape index (κ1) is 14.3. The van der Waals surface area contributed by atoms with Crippen molar-refractivity contribution in [3.63, 3.8) is 0 Å². The fraction of sp³-hybridized carbons (Fsp3) is 0.231. The number of ketones is 1. The van der Waals surface area contributed by atoms with Crippen LogP contribution >= 0.6 is 0 Å². The molecule has 106 valence electrons. The van der Waals surface area contributed by atoms with Gasteiger partial charge in [-0.05, 0) is 45.0 Å². The first-order chi connectivity index (χ1) is 9.31. The van der Waals surface area contributed by atoms with Gasteiger partial charge in [-0.2, -0.15) is 0 Å². The summed E-state index contributed by atoms with van der Waals surface area (Å²) in [6.45, 7) is 4.54. The number of benzene rings is 1. The Morgan fingerprint density at radius 3 is 2.25 bits per heavy atom. The van der Waals surface area contributed by atoms with Gasteiger partial charge >= 0.3 is 0 Å². The molecular formula is C13H14N2O4S. The third kappa shape index (κ3) is 2.72. The summed E-state index contributed by atoms with van der Waals surface area (Å²) in [5.74, 6) is 0.153. The molecule has 20 heavy (non-hydrogen) atoms.